The molecule has 0 aliphatic heterocycles. The van der Waals surface area contributed by atoms with Gasteiger partial charge in [-0.25, -0.2) is 24.0 Å². The van der Waals surface area contributed by atoms with Crippen LogP contribution in [0.4, 0.5) is 13.2 Å². The van der Waals surface area contributed by atoms with E-state index in [0.717, 1.165) is 18.2 Å². The van der Waals surface area contributed by atoms with Crippen molar-refractivity contribution in [1.82, 2.24) is 0 Å². The van der Waals surface area contributed by atoms with Crippen LogP contribution in [0.25, 0.3) is 0 Å². The van der Waals surface area contributed by atoms with Crippen molar-refractivity contribution in [3.8, 4) is 40.6 Å². The summed E-state index contributed by atoms with van der Waals surface area (Å²) >= 11 is 0. The Morgan fingerprint density at radius 2 is 1.21 bits per heavy atom. The van der Waals surface area contributed by atoms with Gasteiger partial charge in [0.1, 0.15) is 17.1 Å². The van der Waals surface area contributed by atoms with E-state index in [9.17, 15) is 37.1 Å². The Balaban J connectivity index is 2.20. The van der Waals surface area contributed by atoms with Gasteiger partial charge in [-0.15, -0.1) is 0 Å². The van der Waals surface area contributed by atoms with Crippen LogP contribution in [0.3, 0.4) is 0 Å². The first-order valence-corrected chi connectivity index (χ1v) is 13.3. The average Bonchev–Trinajstić information content (AvgIpc) is 3.05. The summed E-state index contributed by atoms with van der Waals surface area (Å²) in [6.45, 7) is 14.6. The molecular weight excluding hydrogens is 637 g/mol. The van der Waals surface area contributed by atoms with Gasteiger partial charge in [-0.05, 0) is 55.5 Å². The van der Waals surface area contributed by atoms with E-state index in [-0.39, 0.29) is 28.2 Å². The van der Waals surface area contributed by atoms with Crippen molar-refractivity contribution in [2.45, 2.75) is 13.1 Å². The molecular formula is C35H23F3O10. The molecule has 48 heavy (non-hydrogen) atoms. The summed E-state index contributed by atoms with van der Waals surface area (Å²) in [6, 6.07) is 10.6. The van der Waals surface area contributed by atoms with Crippen molar-refractivity contribution >= 4 is 29.8 Å². The van der Waals surface area contributed by atoms with Crippen molar-refractivity contribution in [2.24, 2.45) is 0 Å². The predicted molar refractivity (Wildman–Crippen MR) is 163 cm³/mol. The Labute approximate surface area is 271 Å². The Morgan fingerprint density at radius 1 is 0.688 bits per heavy atom. The fraction of sp³-hybridized carbons (Fsp3) is 0.0571. The van der Waals surface area contributed by atoms with Crippen LogP contribution in [0.1, 0.15) is 34.0 Å². The van der Waals surface area contributed by atoms with E-state index >= 15 is 0 Å². The zero-order valence-electron chi connectivity index (χ0n) is 25.0. The van der Waals surface area contributed by atoms with Gasteiger partial charge in [0.25, 0.3) is 0 Å². The molecule has 0 amide bonds. The molecule has 0 bridgehead atoms. The highest BCUT2D eigenvalue weighted by Crippen LogP contribution is 2.49. The highest BCUT2D eigenvalue weighted by atomic mass is 19.4. The van der Waals surface area contributed by atoms with E-state index in [1.54, 1.807) is 0 Å². The number of alkyl halides is 3. The number of benzene rings is 3. The fourth-order valence-electron chi connectivity index (χ4n) is 3.47. The summed E-state index contributed by atoms with van der Waals surface area (Å²) in [5.41, 5.74) is -2.48. The number of esters is 5. The van der Waals surface area contributed by atoms with Gasteiger partial charge in [0.2, 0.25) is 5.75 Å². The maximum absolute atomic E-state index is 14.7. The molecule has 244 valence electrons. The van der Waals surface area contributed by atoms with Crippen molar-refractivity contribution in [2.75, 3.05) is 0 Å². The first kappa shape index (κ1) is 35.8. The van der Waals surface area contributed by atoms with Crippen LogP contribution in [0.2, 0.25) is 0 Å². The molecule has 0 atom stereocenters. The quantitative estimate of drug-likeness (QED) is 0.109. The molecule has 3 rings (SSSR count). The molecule has 0 aliphatic rings. The molecule has 0 N–H and O–H groups in total. The second-order valence-corrected chi connectivity index (χ2v) is 9.19. The summed E-state index contributed by atoms with van der Waals surface area (Å²) in [5.74, 6) is -3.70. The fourth-order valence-corrected chi connectivity index (χ4v) is 3.47. The number of halogens is 3. The topological polar surface area (TPSA) is 132 Å². The number of ether oxygens (including phenoxy) is 5. The summed E-state index contributed by atoms with van der Waals surface area (Å²) in [7, 11) is 0. The van der Waals surface area contributed by atoms with Gasteiger partial charge in [0.15, 0.2) is 11.5 Å². The summed E-state index contributed by atoms with van der Waals surface area (Å²) < 4.78 is 69.2. The maximum atomic E-state index is 14.7. The van der Waals surface area contributed by atoms with Crippen LogP contribution >= 0.6 is 0 Å². The molecule has 10 nitrogen and oxygen atoms in total. The highest BCUT2D eigenvalue weighted by molar-refractivity contribution is 5.94. The third kappa shape index (κ3) is 9.41. The van der Waals surface area contributed by atoms with E-state index in [2.05, 4.69) is 38.2 Å². The second-order valence-electron chi connectivity index (χ2n) is 9.19. The minimum absolute atomic E-state index is 0.00227. The molecule has 0 fully saturated rings. The number of rotatable bonds is 10. The zero-order valence-corrected chi connectivity index (χ0v) is 25.0. The van der Waals surface area contributed by atoms with E-state index in [1.807, 2.05) is 0 Å². The smallest absolute Gasteiger partial charge is 0.421 e. The van der Waals surface area contributed by atoms with Crippen LogP contribution in [0.5, 0.6) is 28.7 Å². The summed E-state index contributed by atoms with van der Waals surface area (Å²) in [5, 5.41) is 0. The molecule has 0 heterocycles. The van der Waals surface area contributed by atoms with E-state index in [4.69, 9.17) is 23.7 Å². The number of carbonyl (C=O) groups excluding carboxylic acids is 5. The molecule has 0 saturated carbocycles. The van der Waals surface area contributed by atoms with Crippen LogP contribution in [0, 0.1) is 11.8 Å². The lowest BCUT2D eigenvalue weighted by Crippen LogP contribution is -2.18. The number of hydrogen-bond donors (Lipinski definition) is 0. The van der Waals surface area contributed by atoms with E-state index in [0.29, 0.717) is 18.2 Å². The SMILES string of the molecule is C=CC(=O)Oc1ccc(C(=O)Oc2c(OC(=O)C=C)cc(C#Cc3ccc(OC(=O)C(=C)C)cc3)c(C(F)(F)F)c2OC(=O)C=C)cc1. The number of carbonyl (C=O) groups is 5. The van der Waals surface area contributed by atoms with Gasteiger partial charge in [0, 0.05) is 41.0 Å². The Bertz CT molecular complexity index is 1890. The average molecular weight is 661 g/mol. The lowest BCUT2D eigenvalue weighted by molar-refractivity contribution is -0.141. The largest absolute Gasteiger partial charge is 0.423 e. The Hall–Kier alpha value is -6.68. The minimum atomic E-state index is -5.29. The lowest BCUT2D eigenvalue weighted by Gasteiger charge is -2.20. The van der Waals surface area contributed by atoms with Crippen LogP contribution in [0.15, 0.2) is 105 Å². The van der Waals surface area contributed by atoms with Gasteiger partial charge in [-0.3, -0.25) is 0 Å². The van der Waals surface area contributed by atoms with E-state index in [1.165, 1.54) is 43.3 Å². The van der Waals surface area contributed by atoms with Crippen LogP contribution in [-0.2, 0) is 25.4 Å². The van der Waals surface area contributed by atoms with Crippen molar-refractivity contribution < 1.29 is 60.8 Å². The molecule has 0 spiro atoms. The van der Waals surface area contributed by atoms with Gasteiger partial charge < -0.3 is 23.7 Å². The minimum Gasteiger partial charge on any atom is -0.423 e. The van der Waals surface area contributed by atoms with Crippen molar-refractivity contribution in [3.63, 3.8) is 0 Å². The molecule has 3 aromatic carbocycles. The third-order valence-corrected chi connectivity index (χ3v) is 5.66. The third-order valence-electron chi connectivity index (χ3n) is 5.66. The highest BCUT2D eigenvalue weighted by Gasteiger charge is 2.42. The monoisotopic (exact) mass is 660 g/mol. The summed E-state index contributed by atoms with van der Waals surface area (Å²) in [6.07, 6.45) is -3.17. The first-order valence-electron chi connectivity index (χ1n) is 13.3. The van der Waals surface area contributed by atoms with Crippen LogP contribution < -0.4 is 23.7 Å². The maximum Gasteiger partial charge on any atom is 0.421 e. The molecule has 0 saturated heterocycles. The molecule has 0 aliphatic carbocycles. The van der Waals surface area contributed by atoms with Crippen LogP contribution in [-0.4, -0.2) is 29.8 Å². The van der Waals surface area contributed by atoms with Gasteiger partial charge in [0.05, 0.1) is 5.56 Å². The van der Waals surface area contributed by atoms with Gasteiger partial charge >= 0.3 is 36.0 Å². The lowest BCUT2D eigenvalue weighted by atomic mass is 10.0. The molecule has 0 unspecified atom stereocenters. The zero-order chi connectivity index (χ0) is 35.6. The Morgan fingerprint density at radius 3 is 1.75 bits per heavy atom. The Kier molecular flexibility index (Phi) is 11.6. The standard InChI is InChI=1S/C35H23F3O10/c1-6-27(39)44-24-17-13-22(14-18-24)34(43)48-31-26(46-28(40)7-2)19-23(30(35(36,37)38)32(31)47-29(41)8-3)12-9-21-10-15-25(16-11-21)45-33(42)20(4)5/h6-8,10-11,13-19H,1-4H2,5H3. The van der Waals surface area contributed by atoms with Gasteiger partial charge in [-0.2, -0.15) is 13.2 Å². The molecule has 3 aromatic rings. The number of hydrogen-bond acceptors (Lipinski definition) is 10. The molecule has 0 aromatic heterocycles. The molecule has 0 radical (unpaired) electrons. The molecule has 13 heteroatoms. The first-order chi connectivity index (χ1) is 22.7. The van der Waals surface area contributed by atoms with E-state index < -0.39 is 64.4 Å². The second kappa shape index (κ2) is 15.5. The summed E-state index contributed by atoms with van der Waals surface area (Å²) in [4.78, 5) is 60.7. The van der Waals surface area contributed by atoms with Crippen molar-refractivity contribution in [1.29, 1.82) is 0 Å². The predicted octanol–water partition coefficient (Wildman–Crippen LogP) is 6.08. The van der Waals surface area contributed by atoms with Gasteiger partial charge in [-0.1, -0.05) is 38.2 Å². The van der Waals surface area contributed by atoms with Crippen molar-refractivity contribution in [3.05, 3.63) is 127 Å². The normalized spacial score (nSPS) is 10.2.